The molecule has 126 valence electrons. The zero-order chi connectivity index (χ0) is 16.8. The lowest BCUT2D eigenvalue weighted by molar-refractivity contribution is -0.0292. The van der Waals surface area contributed by atoms with Gasteiger partial charge in [0.2, 0.25) is 0 Å². The molecule has 1 saturated heterocycles. The number of morpholine rings is 1. The van der Waals surface area contributed by atoms with Crippen molar-refractivity contribution in [1.82, 2.24) is 10.2 Å². The Labute approximate surface area is 150 Å². The number of carbonyl (C=O) groups excluding carboxylic acids is 1. The Morgan fingerprint density at radius 2 is 1.92 bits per heavy atom. The van der Waals surface area contributed by atoms with Crippen LogP contribution in [-0.2, 0) is 11.3 Å². The normalized spacial score (nSPS) is 18.3. The van der Waals surface area contributed by atoms with E-state index in [0.717, 1.165) is 24.1 Å². The van der Waals surface area contributed by atoms with Gasteiger partial charge in [0.25, 0.3) is 5.91 Å². The first-order chi connectivity index (χ1) is 11.7. The second-order valence-electron chi connectivity index (χ2n) is 5.90. The minimum atomic E-state index is -0.0775. The lowest BCUT2D eigenvalue weighted by atomic mass is 10.2. The predicted octanol–water partition coefficient (Wildman–Crippen LogP) is 3.08. The molecule has 2 aromatic rings. The number of halogens is 1. The van der Waals surface area contributed by atoms with Crippen molar-refractivity contribution >= 4 is 21.8 Å². The van der Waals surface area contributed by atoms with Gasteiger partial charge in [-0.1, -0.05) is 42.5 Å². The first-order valence-corrected chi connectivity index (χ1v) is 8.92. The van der Waals surface area contributed by atoms with Crippen LogP contribution in [0.4, 0.5) is 0 Å². The van der Waals surface area contributed by atoms with Crippen molar-refractivity contribution in [2.75, 3.05) is 26.2 Å². The number of nitrogens with one attached hydrogen (secondary N) is 1. The molecule has 0 saturated carbocycles. The van der Waals surface area contributed by atoms with Gasteiger partial charge < -0.3 is 10.1 Å². The van der Waals surface area contributed by atoms with Crippen LogP contribution < -0.4 is 5.32 Å². The Morgan fingerprint density at radius 3 is 2.71 bits per heavy atom. The number of nitrogens with zero attached hydrogens (tertiary/aromatic N) is 1. The number of ether oxygens (including phenoxy) is 1. The summed E-state index contributed by atoms with van der Waals surface area (Å²) in [6, 6.07) is 17.9. The summed E-state index contributed by atoms with van der Waals surface area (Å²) in [5.74, 6) is -0.0775. The summed E-state index contributed by atoms with van der Waals surface area (Å²) in [6.07, 6.45) is 0.0221. The molecule has 0 unspecified atom stereocenters. The number of carbonyl (C=O) groups is 1. The van der Waals surface area contributed by atoms with E-state index in [2.05, 4.69) is 50.4 Å². The zero-order valence-electron chi connectivity index (χ0n) is 13.5. The molecule has 0 spiro atoms. The molecule has 1 amide bonds. The Morgan fingerprint density at radius 1 is 1.17 bits per heavy atom. The van der Waals surface area contributed by atoms with E-state index in [1.54, 1.807) is 0 Å². The third-order valence-electron chi connectivity index (χ3n) is 4.08. The van der Waals surface area contributed by atoms with Crippen LogP contribution >= 0.6 is 15.9 Å². The molecule has 1 N–H and O–H groups in total. The van der Waals surface area contributed by atoms with Crippen molar-refractivity contribution in [2.45, 2.75) is 12.6 Å². The highest BCUT2D eigenvalue weighted by Gasteiger charge is 2.21. The van der Waals surface area contributed by atoms with Crippen LogP contribution in [0.3, 0.4) is 0 Å². The highest BCUT2D eigenvalue weighted by molar-refractivity contribution is 9.10. The molecular weight excluding hydrogens is 368 g/mol. The summed E-state index contributed by atoms with van der Waals surface area (Å²) in [7, 11) is 0. The highest BCUT2D eigenvalue weighted by Crippen LogP contribution is 2.16. The summed E-state index contributed by atoms with van der Waals surface area (Å²) in [6.45, 7) is 3.88. The first kappa shape index (κ1) is 17.1. The van der Waals surface area contributed by atoms with Gasteiger partial charge in [0.1, 0.15) is 0 Å². The van der Waals surface area contributed by atoms with Gasteiger partial charge in [0, 0.05) is 30.7 Å². The SMILES string of the molecule is O=C(NC[C@@H]1CN(Cc2ccccc2)CCO1)c1ccccc1Br. The molecule has 4 nitrogen and oxygen atoms in total. The largest absolute Gasteiger partial charge is 0.374 e. The monoisotopic (exact) mass is 388 g/mol. The van der Waals surface area contributed by atoms with Crippen LogP contribution in [0.25, 0.3) is 0 Å². The van der Waals surface area contributed by atoms with Gasteiger partial charge in [-0.15, -0.1) is 0 Å². The van der Waals surface area contributed by atoms with Crippen LogP contribution in [0, 0.1) is 0 Å². The standard InChI is InChI=1S/C19H21BrN2O2/c20-18-9-5-4-8-17(18)19(23)21-12-16-14-22(10-11-24-16)13-15-6-2-1-3-7-15/h1-9,16H,10-14H2,(H,21,23)/t16-/m1/s1. The van der Waals surface area contributed by atoms with Gasteiger partial charge in [0.15, 0.2) is 0 Å². The van der Waals surface area contributed by atoms with E-state index in [-0.39, 0.29) is 12.0 Å². The molecule has 2 aromatic carbocycles. The smallest absolute Gasteiger partial charge is 0.252 e. The van der Waals surface area contributed by atoms with Crippen LogP contribution in [0.5, 0.6) is 0 Å². The van der Waals surface area contributed by atoms with Crippen LogP contribution in [0.2, 0.25) is 0 Å². The maximum Gasteiger partial charge on any atom is 0.252 e. The molecule has 0 bridgehead atoms. The summed E-state index contributed by atoms with van der Waals surface area (Å²) >= 11 is 3.41. The third-order valence-corrected chi connectivity index (χ3v) is 4.77. The van der Waals surface area contributed by atoms with Gasteiger partial charge in [-0.25, -0.2) is 0 Å². The molecule has 1 fully saturated rings. The summed E-state index contributed by atoms with van der Waals surface area (Å²) < 4.78 is 6.60. The number of rotatable bonds is 5. The van der Waals surface area contributed by atoms with Crippen molar-refractivity contribution in [2.24, 2.45) is 0 Å². The van der Waals surface area contributed by atoms with Crippen molar-refractivity contribution < 1.29 is 9.53 Å². The Kier molecular flexibility index (Phi) is 6.01. The minimum absolute atomic E-state index is 0.0221. The van der Waals surface area contributed by atoms with Gasteiger partial charge in [0.05, 0.1) is 18.3 Å². The van der Waals surface area contributed by atoms with E-state index in [0.29, 0.717) is 18.7 Å². The zero-order valence-corrected chi connectivity index (χ0v) is 15.0. The van der Waals surface area contributed by atoms with Crippen LogP contribution in [-0.4, -0.2) is 43.2 Å². The van der Waals surface area contributed by atoms with Crippen molar-refractivity contribution in [1.29, 1.82) is 0 Å². The van der Waals surface area contributed by atoms with Gasteiger partial charge >= 0.3 is 0 Å². The number of benzene rings is 2. The summed E-state index contributed by atoms with van der Waals surface area (Å²) in [5.41, 5.74) is 1.95. The van der Waals surface area contributed by atoms with E-state index in [1.165, 1.54) is 5.56 Å². The number of hydrogen-bond acceptors (Lipinski definition) is 3. The topological polar surface area (TPSA) is 41.6 Å². The second-order valence-corrected chi connectivity index (χ2v) is 6.76. The van der Waals surface area contributed by atoms with E-state index >= 15 is 0 Å². The maximum atomic E-state index is 12.3. The van der Waals surface area contributed by atoms with E-state index in [1.807, 2.05) is 30.3 Å². The van der Waals surface area contributed by atoms with Crippen molar-refractivity contribution in [3.63, 3.8) is 0 Å². The number of amides is 1. The first-order valence-electron chi connectivity index (χ1n) is 8.13. The van der Waals surface area contributed by atoms with Crippen molar-refractivity contribution in [3.8, 4) is 0 Å². The van der Waals surface area contributed by atoms with Gasteiger partial charge in [-0.3, -0.25) is 9.69 Å². The van der Waals surface area contributed by atoms with Crippen LogP contribution in [0.15, 0.2) is 59.1 Å². The quantitative estimate of drug-likeness (QED) is 0.855. The molecule has 5 heteroatoms. The highest BCUT2D eigenvalue weighted by atomic mass is 79.9. The molecule has 3 rings (SSSR count). The fraction of sp³-hybridized carbons (Fsp3) is 0.316. The fourth-order valence-corrected chi connectivity index (χ4v) is 3.30. The molecule has 0 aliphatic carbocycles. The second kappa shape index (κ2) is 8.42. The Balaban J connectivity index is 1.50. The van der Waals surface area contributed by atoms with E-state index < -0.39 is 0 Å². The van der Waals surface area contributed by atoms with Gasteiger partial charge in [-0.05, 0) is 33.6 Å². The van der Waals surface area contributed by atoms with Crippen molar-refractivity contribution in [3.05, 3.63) is 70.2 Å². The molecule has 1 aliphatic heterocycles. The van der Waals surface area contributed by atoms with Gasteiger partial charge in [-0.2, -0.15) is 0 Å². The lowest BCUT2D eigenvalue weighted by Crippen LogP contribution is -2.47. The number of hydrogen-bond donors (Lipinski definition) is 1. The molecule has 1 heterocycles. The average Bonchev–Trinajstić information content (AvgIpc) is 2.61. The van der Waals surface area contributed by atoms with E-state index in [4.69, 9.17) is 4.74 Å². The lowest BCUT2D eigenvalue weighted by Gasteiger charge is -2.33. The average molecular weight is 389 g/mol. The molecular formula is C19H21BrN2O2. The predicted molar refractivity (Wildman–Crippen MR) is 97.9 cm³/mol. The molecule has 1 atom stereocenters. The molecule has 0 radical (unpaired) electrons. The van der Waals surface area contributed by atoms with E-state index in [9.17, 15) is 4.79 Å². The Hall–Kier alpha value is -1.69. The summed E-state index contributed by atoms with van der Waals surface area (Å²) in [4.78, 5) is 14.6. The maximum absolute atomic E-state index is 12.3. The molecule has 1 aliphatic rings. The minimum Gasteiger partial charge on any atom is -0.374 e. The van der Waals surface area contributed by atoms with Crippen LogP contribution in [0.1, 0.15) is 15.9 Å². The Bertz CT molecular complexity index is 678. The molecule has 24 heavy (non-hydrogen) atoms. The fourth-order valence-electron chi connectivity index (χ4n) is 2.84. The third kappa shape index (κ3) is 4.66. The molecule has 0 aromatic heterocycles. The summed E-state index contributed by atoms with van der Waals surface area (Å²) in [5, 5.41) is 2.97.